The van der Waals surface area contributed by atoms with E-state index >= 15 is 0 Å². The summed E-state index contributed by atoms with van der Waals surface area (Å²) in [5, 5.41) is 0. The zero-order valence-electron chi connectivity index (χ0n) is 8.95. The van der Waals surface area contributed by atoms with Crippen LogP contribution in [0.25, 0.3) is 0 Å². The molecule has 1 aliphatic carbocycles. The predicted octanol–water partition coefficient (Wildman–Crippen LogP) is 1.67. The Morgan fingerprint density at radius 3 is 2.50 bits per heavy atom. The second-order valence-corrected chi connectivity index (χ2v) is 4.69. The van der Waals surface area contributed by atoms with Crippen LogP contribution in [-0.2, 0) is 4.84 Å². The average molecular weight is 198 g/mol. The molecule has 2 fully saturated rings. The average Bonchev–Trinajstić information content (AvgIpc) is 2.30. The Balaban J connectivity index is 1.83. The van der Waals surface area contributed by atoms with E-state index in [1.807, 2.05) is 0 Å². The lowest BCUT2D eigenvalue weighted by atomic mass is 9.92. The molecule has 82 valence electrons. The zero-order chi connectivity index (χ0) is 9.80. The van der Waals surface area contributed by atoms with Crippen LogP contribution in [0.15, 0.2) is 0 Å². The van der Waals surface area contributed by atoms with Crippen molar-refractivity contribution in [1.29, 1.82) is 0 Å². The number of nitrogens with zero attached hydrogens (tertiary/aromatic N) is 1. The van der Waals surface area contributed by atoms with Gasteiger partial charge in [0.05, 0.1) is 6.10 Å². The molecule has 0 aromatic carbocycles. The van der Waals surface area contributed by atoms with Gasteiger partial charge in [0.2, 0.25) is 0 Å². The van der Waals surface area contributed by atoms with Crippen molar-refractivity contribution in [2.75, 3.05) is 13.1 Å². The van der Waals surface area contributed by atoms with Crippen molar-refractivity contribution in [3.8, 4) is 0 Å². The van der Waals surface area contributed by atoms with Gasteiger partial charge in [-0.05, 0) is 32.2 Å². The molecule has 2 rings (SSSR count). The van der Waals surface area contributed by atoms with E-state index < -0.39 is 0 Å². The minimum absolute atomic E-state index is 0.283. The highest BCUT2D eigenvalue weighted by Crippen LogP contribution is 2.25. The highest BCUT2D eigenvalue weighted by atomic mass is 16.6. The lowest BCUT2D eigenvalue weighted by Crippen LogP contribution is -2.46. The summed E-state index contributed by atoms with van der Waals surface area (Å²) in [6.45, 7) is 2.31. The zero-order valence-corrected chi connectivity index (χ0v) is 8.95. The van der Waals surface area contributed by atoms with Crippen molar-refractivity contribution in [3.05, 3.63) is 0 Å². The van der Waals surface area contributed by atoms with Gasteiger partial charge in [0.25, 0.3) is 0 Å². The van der Waals surface area contributed by atoms with Crippen LogP contribution in [0.3, 0.4) is 0 Å². The van der Waals surface area contributed by atoms with Crippen LogP contribution in [0.4, 0.5) is 0 Å². The standard InChI is InChI=1S/C11H22N2O/c12-14-11-7-4-8-13(9-11)10-5-2-1-3-6-10/h10-11H,1-9,12H2. The number of likely N-dealkylation sites (tertiary alicyclic amines) is 1. The first-order chi connectivity index (χ1) is 6.90. The molecule has 14 heavy (non-hydrogen) atoms. The Morgan fingerprint density at radius 1 is 1.00 bits per heavy atom. The predicted molar refractivity (Wildman–Crippen MR) is 56.7 cm³/mol. The van der Waals surface area contributed by atoms with Gasteiger partial charge >= 0.3 is 0 Å². The Bertz CT molecular complexity index is 169. The second kappa shape index (κ2) is 5.10. The number of nitrogens with two attached hydrogens (primary N) is 1. The molecule has 0 spiro atoms. The topological polar surface area (TPSA) is 38.5 Å². The maximum atomic E-state index is 5.27. The third-order valence-corrected chi connectivity index (χ3v) is 3.69. The van der Waals surface area contributed by atoms with Crippen LogP contribution in [0.1, 0.15) is 44.9 Å². The maximum Gasteiger partial charge on any atom is 0.0914 e. The van der Waals surface area contributed by atoms with E-state index in [1.165, 1.54) is 45.1 Å². The first-order valence-electron chi connectivity index (χ1n) is 6.00. The molecule has 0 bridgehead atoms. The number of hydrogen-bond acceptors (Lipinski definition) is 3. The molecule has 2 aliphatic rings. The summed E-state index contributed by atoms with van der Waals surface area (Å²) in [5.41, 5.74) is 0. The summed E-state index contributed by atoms with van der Waals surface area (Å²) in [6, 6.07) is 0.821. The molecule has 0 radical (unpaired) electrons. The fourth-order valence-electron chi connectivity index (χ4n) is 2.86. The summed E-state index contributed by atoms with van der Waals surface area (Å²) in [7, 11) is 0. The van der Waals surface area contributed by atoms with E-state index in [4.69, 9.17) is 10.7 Å². The van der Waals surface area contributed by atoms with Crippen LogP contribution in [0.5, 0.6) is 0 Å². The summed E-state index contributed by atoms with van der Waals surface area (Å²) < 4.78 is 0. The minimum Gasteiger partial charge on any atom is -0.300 e. The van der Waals surface area contributed by atoms with Gasteiger partial charge in [-0.2, -0.15) is 0 Å². The van der Waals surface area contributed by atoms with Crippen molar-refractivity contribution < 1.29 is 4.84 Å². The van der Waals surface area contributed by atoms with Crippen LogP contribution in [0.2, 0.25) is 0 Å². The molecule has 0 aromatic heterocycles. The van der Waals surface area contributed by atoms with Crippen LogP contribution >= 0.6 is 0 Å². The highest BCUT2D eigenvalue weighted by Gasteiger charge is 2.26. The van der Waals surface area contributed by atoms with Crippen LogP contribution in [0, 0.1) is 0 Å². The van der Waals surface area contributed by atoms with Gasteiger partial charge in [0.15, 0.2) is 0 Å². The molecule has 1 atom stereocenters. The lowest BCUT2D eigenvalue weighted by molar-refractivity contribution is -0.0186. The third kappa shape index (κ3) is 2.47. The number of piperidine rings is 1. The molecule has 3 heteroatoms. The molecule has 1 heterocycles. The van der Waals surface area contributed by atoms with Gasteiger partial charge in [0, 0.05) is 12.6 Å². The van der Waals surface area contributed by atoms with Crippen molar-refractivity contribution in [2.45, 2.75) is 57.1 Å². The molecule has 1 saturated carbocycles. The van der Waals surface area contributed by atoms with E-state index in [0.29, 0.717) is 0 Å². The van der Waals surface area contributed by atoms with Gasteiger partial charge in [-0.25, -0.2) is 5.90 Å². The highest BCUT2D eigenvalue weighted by molar-refractivity contribution is 4.81. The smallest absolute Gasteiger partial charge is 0.0914 e. The largest absolute Gasteiger partial charge is 0.300 e. The fourth-order valence-corrected chi connectivity index (χ4v) is 2.86. The van der Waals surface area contributed by atoms with Gasteiger partial charge < -0.3 is 0 Å². The van der Waals surface area contributed by atoms with E-state index in [9.17, 15) is 0 Å². The van der Waals surface area contributed by atoms with Crippen LogP contribution < -0.4 is 5.90 Å². The van der Waals surface area contributed by atoms with E-state index in [2.05, 4.69) is 4.90 Å². The lowest BCUT2D eigenvalue weighted by Gasteiger charge is -2.39. The Morgan fingerprint density at radius 2 is 1.79 bits per heavy atom. The molecule has 1 unspecified atom stereocenters. The summed E-state index contributed by atoms with van der Waals surface area (Å²) in [4.78, 5) is 7.57. The van der Waals surface area contributed by atoms with Gasteiger partial charge in [-0.1, -0.05) is 19.3 Å². The molecule has 2 N–H and O–H groups in total. The van der Waals surface area contributed by atoms with Crippen molar-refractivity contribution in [1.82, 2.24) is 4.90 Å². The Kier molecular flexibility index (Phi) is 3.79. The summed E-state index contributed by atoms with van der Waals surface area (Å²) >= 11 is 0. The second-order valence-electron chi connectivity index (χ2n) is 4.69. The van der Waals surface area contributed by atoms with Gasteiger partial charge in [-0.3, -0.25) is 9.74 Å². The van der Waals surface area contributed by atoms with Crippen molar-refractivity contribution in [3.63, 3.8) is 0 Å². The molecule has 0 aromatic rings. The SMILES string of the molecule is NOC1CCCN(C2CCCCC2)C1. The molecule has 1 saturated heterocycles. The van der Waals surface area contributed by atoms with Crippen molar-refractivity contribution >= 4 is 0 Å². The summed E-state index contributed by atoms with van der Waals surface area (Å²) in [6.07, 6.45) is 9.70. The number of hydrogen-bond donors (Lipinski definition) is 1. The number of rotatable bonds is 2. The van der Waals surface area contributed by atoms with Crippen LogP contribution in [-0.4, -0.2) is 30.1 Å². The maximum absolute atomic E-state index is 5.27. The summed E-state index contributed by atoms with van der Waals surface area (Å²) in [5.74, 6) is 5.27. The van der Waals surface area contributed by atoms with E-state index in [0.717, 1.165) is 19.0 Å². The Labute approximate surface area is 86.5 Å². The van der Waals surface area contributed by atoms with Gasteiger partial charge in [0.1, 0.15) is 0 Å². The first-order valence-corrected chi connectivity index (χ1v) is 6.00. The fraction of sp³-hybridized carbons (Fsp3) is 1.00. The first kappa shape index (κ1) is 10.4. The quantitative estimate of drug-likeness (QED) is 0.686. The molecular weight excluding hydrogens is 176 g/mol. The normalized spacial score (nSPS) is 31.9. The Hall–Kier alpha value is -0.120. The molecular formula is C11H22N2O. The molecule has 0 amide bonds. The van der Waals surface area contributed by atoms with E-state index in [-0.39, 0.29) is 6.10 Å². The minimum atomic E-state index is 0.283. The third-order valence-electron chi connectivity index (χ3n) is 3.69. The van der Waals surface area contributed by atoms with E-state index in [1.54, 1.807) is 0 Å². The molecule has 3 nitrogen and oxygen atoms in total. The molecule has 1 aliphatic heterocycles. The van der Waals surface area contributed by atoms with Gasteiger partial charge in [-0.15, -0.1) is 0 Å². The monoisotopic (exact) mass is 198 g/mol. The van der Waals surface area contributed by atoms with Crippen molar-refractivity contribution in [2.24, 2.45) is 5.90 Å².